The summed E-state index contributed by atoms with van der Waals surface area (Å²) in [5.74, 6) is 0.835. The Kier molecular flexibility index (Phi) is 4.10. The molecule has 4 rings (SSSR count). The quantitative estimate of drug-likeness (QED) is 0.858. The third-order valence-electron chi connectivity index (χ3n) is 5.45. The van der Waals surface area contributed by atoms with E-state index in [9.17, 15) is 14.7 Å². The summed E-state index contributed by atoms with van der Waals surface area (Å²) in [6, 6.07) is 5.17. The highest BCUT2D eigenvalue weighted by molar-refractivity contribution is 5.84. The molecule has 1 aliphatic heterocycles. The second kappa shape index (κ2) is 6.37. The fraction of sp³-hybridized carbons (Fsp3) is 0.286. The molecule has 7 nitrogen and oxygen atoms in total. The minimum atomic E-state index is -0.956. The van der Waals surface area contributed by atoms with E-state index in [1.807, 2.05) is 24.3 Å². The fourth-order valence-corrected chi connectivity index (χ4v) is 3.65. The van der Waals surface area contributed by atoms with Crippen molar-refractivity contribution in [1.29, 1.82) is 0 Å². The van der Waals surface area contributed by atoms with E-state index in [0.717, 1.165) is 5.56 Å². The lowest BCUT2D eigenvalue weighted by Gasteiger charge is -2.18. The highest BCUT2D eigenvalue weighted by atomic mass is 16.5. The number of hydrogen-bond donors (Lipinski definition) is 1. The average molecular weight is 380 g/mol. The summed E-state index contributed by atoms with van der Waals surface area (Å²) in [7, 11) is 3.15. The first-order chi connectivity index (χ1) is 13.4. The van der Waals surface area contributed by atoms with Crippen LogP contribution in [-0.4, -0.2) is 34.8 Å². The first-order valence-electron chi connectivity index (χ1n) is 8.87. The minimum Gasteiger partial charge on any atom is -0.493 e. The summed E-state index contributed by atoms with van der Waals surface area (Å²) < 4.78 is 12.1. The first kappa shape index (κ1) is 18.0. The molecule has 2 aromatic rings. The van der Waals surface area contributed by atoms with Gasteiger partial charge in [-0.25, -0.2) is 4.98 Å². The fourth-order valence-electron chi connectivity index (χ4n) is 3.65. The Labute approximate surface area is 161 Å². The van der Waals surface area contributed by atoms with E-state index in [4.69, 9.17) is 9.47 Å². The van der Waals surface area contributed by atoms with E-state index in [1.165, 1.54) is 4.57 Å². The van der Waals surface area contributed by atoms with Crippen molar-refractivity contribution in [2.75, 3.05) is 14.2 Å². The van der Waals surface area contributed by atoms with Gasteiger partial charge in [-0.05, 0) is 43.2 Å². The summed E-state index contributed by atoms with van der Waals surface area (Å²) in [6.45, 7) is 1.71. The largest absolute Gasteiger partial charge is 0.493 e. The molecule has 0 bridgehead atoms. The molecule has 0 saturated heterocycles. The smallest absolute Gasteiger partial charge is 0.315 e. The van der Waals surface area contributed by atoms with Gasteiger partial charge in [0.2, 0.25) is 0 Å². The van der Waals surface area contributed by atoms with Crippen LogP contribution >= 0.6 is 0 Å². The molecule has 1 fully saturated rings. The van der Waals surface area contributed by atoms with Crippen LogP contribution in [0.1, 0.15) is 35.1 Å². The Balaban J connectivity index is 1.70. The summed E-state index contributed by atoms with van der Waals surface area (Å²) in [5.41, 5.74) is 0.761. The molecule has 1 aromatic heterocycles. The lowest BCUT2D eigenvalue weighted by atomic mass is 10.0. The molecule has 2 unspecified atom stereocenters. The van der Waals surface area contributed by atoms with Gasteiger partial charge < -0.3 is 14.6 Å². The van der Waals surface area contributed by atoms with Crippen molar-refractivity contribution in [3.8, 4) is 11.5 Å². The van der Waals surface area contributed by atoms with Crippen molar-refractivity contribution in [3.63, 3.8) is 0 Å². The van der Waals surface area contributed by atoms with E-state index < -0.39 is 11.4 Å². The van der Waals surface area contributed by atoms with Crippen LogP contribution in [0.25, 0.3) is 18.2 Å². The van der Waals surface area contributed by atoms with Gasteiger partial charge in [0.25, 0.3) is 5.56 Å². The van der Waals surface area contributed by atoms with E-state index in [0.29, 0.717) is 35.0 Å². The van der Waals surface area contributed by atoms with Crippen LogP contribution in [0.4, 0.5) is 0 Å². The predicted octanol–water partition coefficient (Wildman–Crippen LogP) is 2.78. The lowest BCUT2D eigenvalue weighted by Crippen LogP contribution is -2.31. The Hall–Kier alpha value is -3.35. The number of aromatic nitrogens is 2. The van der Waals surface area contributed by atoms with Gasteiger partial charge >= 0.3 is 5.97 Å². The zero-order valence-corrected chi connectivity index (χ0v) is 15.8. The number of methoxy groups -OCH3 is 2. The Morgan fingerprint density at radius 2 is 2.04 bits per heavy atom. The highest BCUT2D eigenvalue weighted by Gasteiger charge is 2.62. The second-order valence-electron chi connectivity index (χ2n) is 7.00. The topological polar surface area (TPSA) is 90.7 Å². The number of nitrogens with zero attached hydrogens (tertiary/aromatic N) is 2. The molecule has 2 aliphatic rings. The monoisotopic (exact) mass is 380 g/mol. The number of ether oxygens (including phenoxy) is 2. The first-order valence-corrected chi connectivity index (χ1v) is 8.87. The predicted molar refractivity (Wildman–Crippen MR) is 104 cm³/mol. The molecule has 28 heavy (non-hydrogen) atoms. The molecule has 1 aromatic carbocycles. The molecule has 1 N–H and O–H groups in total. The number of rotatable bonds is 5. The van der Waals surface area contributed by atoms with Crippen molar-refractivity contribution >= 4 is 24.2 Å². The Morgan fingerprint density at radius 3 is 2.71 bits per heavy atom. The van der Waals surface area contributed by atoms with Gasteiger partial charge in [-0.3, -0.25) is 14.2 Å². The molecule has 0 radical (unpaired) electrons. The van der Waals surface area contributed by atoms with Crippen LogP contribution in [0.5, 0.6) is 11.5 Å². The lowest BCUT2D eigenvalue weighted by molar-refractivity contribution is -0.141. The summed E-state index contributed by atoms with van der Waals surface area (Å²) in [5, 5.41) is 9.45. The van der Waals surface area contributed by atoms with E-state index in [2.05, 4.69) is 4.98 Å². The molecule has 2 heterocycles. The summed E-state index contributed by atoms with van der Waals surface area (Å²) >= 11 is 0. The van der Waals surface area contributed by atoms with Crippen molar-refractivity contribution in [2.45, 2.75) is 19.4 Å². The van der Waals surface area contributed by atoms with Crippen LogP contribution in [0, 0.1) is 12.3 Å². The van der Waals surface area contributed by atoms with Gasteiger partial charge in [0.05, 0.1) is 26.0 Å². The number of benzene rings is 1. The van der Waals surface area contributed by atoms with Crippen molar-refractivity contribution in [2.24, 2.45) is 5.41 Å². The number of carbonyl (C=O) groups is 1. The minimum absolute atomic E-state index is 0.200. The highest BCUT2D eigenvalue weighted by Crippen LogP contribution is 2.59. The van der Waals surface area contributed by atoms with Gasteiger partial charge in [-0.1, -0.05) is 18.2 Å². The zero-order valence-electron chi connectivity index (χ0n) is 15.8. The van der Waals surface area contributed by atoms with E-state index in [1.54, 1.807) is 39.4 Å². The molecular formula is C21H20N2O5. The molecule has 0 spiro atoms. The maximum Gasteiger partial charge on any atom is 0.315 e. The summed E-state index contributed by atoms with van der Waals surface area (Å²) in [4.78, 5) is 29.0. The third-order valence-corrected chi connectivity index (χ3v) is 5.45. The maximum atomic E-state index is 12.9. The number of hydrogen-bond acceptors (Lipinski definition) is 5. The van der Waals surface area contributed by atoms with Crippen molar-refractivity contribution < 1.29 is 19.4 Å². The standard InChI is InChI=1S/C21H20N2O5/c1-12-14(6-4-13-5-7-15(27-2)16(10-13)28-3)22-18-8-9-21(20(25)26)11-17(21)23(18)19(12)24/h4-10,17H,11H2,1-3H3,(H,25,26)/b6-4+. The molecule has 1 aliphatic carbocycles. The van der Waals surface area contributed by atoms with Crippen molar-refractivity contribution in [1.82, 2.24) is 9.55 Å². The molecule has 0 amide bonds. The van der Waals surface area contributed by atoms with Crippen LogP contribution in [0.3, 0.4) is 0 Å². The van der Waals surface area contributed by atoms with Gasteiger partial charge in [-0.2, -0.15) is 0 Å². The summed E-state index contributed by atoms with van der Waals surface area (Å²) in [6.07, 6.45) is 7.33. The zero-order chi connectivity index (χ0) is 20.1. The van der Waals surface area contributed by atoms with Crippen LogP contribution in [0.15, 0.2) is 29.1 Å². The number of fused-ring (bicyclic) bond motifs is 3. The molecule has 1 saturated carbocycles. The normalized spacial score (nSPS) is 21.9. The van der Waals surface area contributed by atoms with Crippen LogP contribution in [0.2, 0.25) is 0 Å². The maximum absolute atomic E-state index is 12.9. The molecule has 144 valence electrons. The van der Waals surface area contributed by atoms with Crippen LogP contribution < -0.4 is 15.0 Å². The molecular weight excluding hydrogens is 360 g/mol. The SMILES string of the molecule is COc1ccc(/C=C/c2nc3n(c(=O)c2C)C2CC2(C(=O)O)C=C3)cc1OC. The second-order valence-corrected chi connectivity index (χ2v) is 7.00. The van der Waals surface area contributed by atoms with Gasteiger partial charge in [0, 0.05) is 5.56 Å². The van der Waals surface area contributed by atoms with E-state index in [-0.39, 0.29) is 11.6 Å². The third kappa shape index (κ3) is 2.62. The Bertz CT molecular complexity index is 1100. The van der Waals surface area contributed by atoms with E-state index >= 15 is 0 Å². The number of carboxylic acid groups (broad SMARTS) is 1. The average Bonchev–Trinajstić information content (AvgIpc) is 3.45. The van der Waals surface area contributed by atoms with Crippen molar-refractivity contribution in [3.05, 3.63) is 57.3 Å². The molecule has 2 atom stereocenters. The number of carboxylic acids is 1. The number of aliphatic carboxylic acids is 1. The molecule has 7 heteroatoms. The van der Waals surface area contributed by atoms with Crippen LogP contribution in [-0.2, 0) is 4.79 Å². The van der Waals surface area contributed by atoms with Gasteiger partial charge in [0.15, 0.2) is 11.5 Å². The Morgan fingerprint density at radius 1 is 1.29 bits per heavy atom. The van der Waals surface area contributed by atoms with Gasteiger partial charge in [0.1, 0.15) is 11.2 Å². The van der Waals surface area contributed by atoms with Gasteiger partial charge in [-0.15, -0.1) is 0 Å².